The van der Waals surface area contributed by atoms with Crippen LogP contribution >= 0.6 is 0 Å². The van der Waals surface area contributed by atoms with E-state index in [0.29, 0.717) is 12.5 Å². The average Bonchev–Trinajstić information content (AvgIpc) is 2.19. The van der Waals surface area contributed by atoms with Crippen LogP contribution in [0.25, 0.3) is 0 Å². The van der Waals surface area contributed by atoms with E-state index in [1.54, 1.807) is 24.1 Å². The average molecular weight is 223 g/mol. The van der Waals surface area contributed by atoms with Crippen molar-refractivity contribution in [2.75, 3.05) is 13.6 Å². The summed E-state index contributed by atoms with van der Waals surface area (Å²) in [7, 11) is 1.70. The number of carbonyl (C=O) groups excluding carboxylic acids is 1. The van der Waals surface area contributed by atoms with Crippen LogP contribution in [0.1, 0.15) is 29.8 Å². The van der Waals surface area contributed by atoms with Crippen LogP contribution in [-0.4, -0.2) is 24.4 Å². The second kappa shape index (κ2) is 5.10. The third kappa shape index (κ3) is 3.05. The Labute approximate surface area is 96.1 Å². The minimum Gasteiger partial charge on any atom is -0.341 e. The van der Waals surface area contributed by atoms with Gasteiger partial charge in [-0.2, -0.15) is 0 Å². The highest BCUT2D eigenvalue weighted by Gasteiger charge is 2.16. The van der Waals surface area contributed by atoms with Gasteiger partial charge in [0, 0.05) is 13.6 Å². The third-order valence-corrected chi connectivity index (χ3v) is 2.34. The lowest BCUT2D eigenvalue weighted by Gasteiger charge is -2.19. The van der Waals surface area contributed by atoms with E-state index in [1.807, 2.05) is 20.8 Å². The molecule has 0 radical (unpaired) electrons. The molecule has 88 valence electrons. The van der Waals surface area contributed by atoms with Crippen molar-refractivity contribution in [3.63, 3.8) is 0 Å². The Morgan fingerprint density at radius 1 is 1.44 bits per heavy atom. The maximum atomic E-state index is 13.5. The fourth-order valence-corrected chi connectivity index (χ4v) is 1.64. The molecule has 1 rings (SSSR count). The Bertz CT molecular complexity index is 388. The first kappa shape index (κ1) is 12.7. The van der Waals surface area contributed by atoms with Crippen LogP contribution in [0.3, 0.4) is 0 Å². The van der Waals surface area contributed by atoms with Crippen LogP contribution in [0, 0.1) is 18.7 Å². The Morgan fingerprint density at radius 3 is 2.62 bits per heavy atom. The molecule has 1 amide bonds. The van der Waals surface area contributed by atoms with Crippen molar-refractivity contribution in [3.8, 4) is 0 Å². The topological polar surface area (TPSA) is 20.3 Å². The summed E-state index contributed by atoms with van der Waals surface area (Å²) >= 11 is 0. The van der Waals surface area contributed by atoms with E-state index in [9.17, 15) is 9.18 Å². The molecule has 0 aromatic heterocycles. The van der Waals surface area contributed by atoms with Gasteiger partial charge in [-0.15, -0.1) is 0 Å². The van der Waals surface area contributed by atoms with E-state index in [-0.39, 0.29) is 11.5 Å². The Balaban J connectivity index is 2.91. The predicted octanol–water partition coefficient (Wildman–Crippen LogP) is 2.86. The SMILES string of the molecule is Cc1ccc(F)c(C(=O)N(C)CC(C)C)c1. The van der Waals surface area contributed by atoms with Gasteiger partial charge in [-0.25, -0.2) is 4.39 Å². The number of halogens is 1. The van der Waals surface area contributed by atoms with Crippen LogP contribution in [0.4, 0.5) is 4.39 Å². The zero-order valence-electron chi connectivity index (χ0n) is 10.2. The molecule has 0 fully saturated rings. The summed E-state index contributed by atoms with van der Waals surface area (Å²) in [5.74, 6) is -0.331. The van der Waals surface area contributed by atoms with Crippen LogP contribution in [0.15, 0.2) is 18.2 Å². The highest BCUT2D eigenvalue weighted by Crippen LogP contribution is 2.12. The highest BCUT2D eigenvalue weighted by atomic mass is 19.1. The quantitative estimate of drug-likeness (QED) is 0.771. The largest absolute Gasteiger partial charge is 0.341 e. The summed E-state index contributed by atoms with van der Waals surface area (Å²) in [5, 5.41) is 0. The number of rotatable bonds is 3. The Hall–Kier alpha value is -1.38. The third-order valence-electron chi connectivity index (χ3n) is 2.34. The van der Waals surface area contributed by atoms with Crippen molar-refractivity contribution < 1.29 is 9.18 Å². The lowest BCUT2D eigenvalue weighted by molar-refractivity contribution is 0.0774. The fourth-order valence-electron chi connectivity index (χ4n) is 1.64. The van der Waals surface area contributed by atoms with Gasteiger partial charge in [0.05, 0.1) is 5.56 Å². The van der Waals surface area contributed by atoms with Crippen molar-refractivity contribution in [1.82, 2.24) is 4.90 Å². The van der Waals surface area contributed by atoms with Crippen molar-refractivity contribution in [3.05, 3.63) is 35.1 Å². The van der Waals surface area contributed by atoms with E-state index < -0.39 is 5.82 Å². The fraction of sp³-hybridized carbons (Fsp3) is 0.462. The molecule has 1 aromatic rings. The summed E-state index contributed by atoms with van der Waals surface area (Å²) in [4.78, 5) is 13.5. The van der Waals surface area contributed by atoms with E-state index in [0.717, 1.165) is 5.56 Å². The monoisotopic (exact) mass is 223 g/mol. The van der Waals surface area contributed by atoms with Gasteiger partial charge in [-0.3, -0.25) is 4.79 Å². The molecule has 0 heterocycles. The summed E-state index contributed by atoms with van der Waals surface area (Å²) < 4.78 is 13.5. The maximum Gasteiger partial charge on any atom is 0.256 e. The van der Waals surface area contributed by atoms with Gasteiger partial charge in [-0.05, 0) is 25.0 Å². The van der Waals surface area contributed by atoms with Gasteiger partial charge in [0.1, 0.15) is 5.82 Å². The summed E-state index contributed by atoms with van der Waals surface area (Å²) in [6, 6.07) is 4.59. The van der Waals surface area contributed by atoms with Crippen LogP contribution in [0.2, 0.25) is 0 Å². The molecule has 0 aliphatic carbocycles. The Kier molecular flexibility index (Phi) is 4.05. The lowest BCUT2D eigenvalue weighted by atomic mass is 10.1. The molecule has 0 bridgehead atoms. The number of amides is 1. The van der Waals surface area contributed by atoms with E-state index in [2.05, 4.69) is 0 Å². The van der Waals surface area contributed by atoms with E-state index >= 15 is 0 Å². The first-order valence-corrected chi connectivity index (χ1v) is 5.43. The summed E-state index contributed by atoms with van der Waals surface area (Å²) in [6.07, 6.45) is 0. The molecule has 0 saturated heterocycles. The first-order valence-electron chi connectivity index (χ1n) is 5.43. The molecule has 0 aliphatic rings. The van der Waals surface area contributed by atoms with Gasteiger partial charge in [-0.1, -0.05) is 25.5 Å². The van der Waals surface area contributed by atoms with Crippen LogP contribution in [0.5, 0.6) is 0 Å². The molecule has 0 aliphatic heterocycles. The smallest absolute Gasteiger partial charge is 0.256 e. The molecule has 0 saturated carbocycles. The molecule has 0 atom stereocenters. The van der Waals surface area contributed by atoms with E-state index in [1.165, 1.54) is 6.07 Å². The first-order chi connectivity index (χ1) is 7.41. The van der Waals surface area contributed by atoms with Gasteiger partial charge < -0.3 is 4.90 Å². The van der Waals surface area contributed by atoms with Gasteiger partial charge >= 0.3 is 0 Å². The van der Waals surface area contributed by atoms with Gasteiger partial charge in [0.2, 0.25) is 0 Å². The van der Waals surface area contributed by atoms with Crippen LogP contribution in [-0.2, 0) is 0 Å². The Morgan fingerprint density at radius 2 is 2.06 bits per heavy atom. The highest BCUT2D eigenvalue weighted by molar-refractivity contribution is 5.94. The molecule has 3 heteroatoms. The number of aryl methyl sites for hydroxylation is 1. The minimum atomic E-state index is -0.453. The summed E-state index contributed by atoms with van der Waals surface area (Å²) in [6.45, 7) is 6.53. The molecular formula is C13H18FNO. The zero-order chi connectivity index (χ0) is 12.3. The molecule has 16 heavy (non-hydrogen) atoms. The van der Waals surface area contributed by atoms with Gasteiger partial charge in [0.15, 0.2) is 0 Å². The number of benzene rings is 1. The van der Waals surface area contributed by atoms with Crippen molar-refractivity contribution in [1.29, 1.82) is 0 Å². The molecular weight excluding hydrogens is 205 g/mol. The number of nitrogens with zero attached hydrogens (tertiary/aromatic N) is 1. The number of hydrogen-bond acceptors (Lipinski definition) is 1. The van der Waals surface area contributed by atoms with Crippen LogP contribution < -0.4 is 0 Å². The van der Waals surface area contributed by atoms with Crippen molar-refractivity contribution in [2.45, 2.75) is 20.8 Å². The molecule has 0 spiro atoms. The van der Waals surface area contributed by atoms with E-state index in [4.69, 9.17) is 0 Å². The molecule has 0 N–H and O–H groups in total. The molecule has 2 nitrogen and oxygen atoms in total. The normalized spacial score (nSPS) is 10.6. The standard InChI is InChI=1S/C13H18FNO/c1-9(2)8-15(4)13(16)11-7-10(3)5-6-12(11)14/h5-7,9H,8H2,1-4H3. The molecule has 1 aromatic carbocycles. The zero-order valence-corrected chi connectivity index (χ0v) is 10.2. The lowest BCUT2D eigenvalue weighted by Crippen LogP contribution is -2.30. The number of carbonyl (C=O) groups is 1. The second-order valence-electron chi connectivity index (χ2n) is 4.56. The van der Waals surface area contributed by atoms with Crippen molar-refractivity contribution in [2.24, 2.45) is 5.92 Å². The second-order valence-corrected chi connectivity index (χ2v) is 4.56. The summed E-state index contributed by atoms with van der Waals surface area (Å²) in [5.41, 5.74) is 1.05. The number of hydrogen-bond donors (Lipinski definition) is 0. The van der Waals surface area contributed by atoms with Crippen molar-refractivity contribution >= 4 is 5.91 Å². The minimum absolute atomic E-state index is 0.156. The predicted molar refractivity (Wildman–Crippen MR) is 62.9 cm³/mol. The maximum absolute atomic E-state index is 13.5. The molecule has 0 unspecified atom stereocenters. The van der Waals surface area contributed by atoms with Gasteiger partial charge in [0.25, 0.3) is 5.91 Å².